The third-order valence-electron chi connectivity index (χ3n) is 4.39. The molecule has 3 rings (SSSR count). The first-order chi connectivity index (χ1) is 12.2. The highest BCUT2D eigenvalue weighted by atomic mass is 32.2. The van der Waals surface area contributed by atoms with Crippen molar-refractivity contribution in [2.75, 3.05) is 11.8 Å². The van der Waals surface area contributed by atoms with Crippen molar-refractivity contribution in [3.05, 3.63) is 53.1 Å². The second-order valence-corrected chi connectivity index (χ2v) is 7.78. The summed E-state index contributed by atoms with van der Waals surface area (Å²) >= 11 is 0. The fourth-order valence-electron chi connectivity index (χ4n) is 3.13. The minimum Gasteiger partial charge on any atom is -0.495 e. The first kappa shape index (κ1) is 18.6. The summed E-state index contributed by atoms with van der Waals surface area (Å²) < 4.78 is 72.2. The van der Waals surface area contributed by atoms with Crippen LogP contribution in [0, 0.1) is 0 Å². The van der Waals surface area contributed by atoms with Gasteiger partial charge in [0, 0.05) is 0 Å². The molecular formula is C18H18F3NO3S. The van der Waals surface area contributed by atoms with E-state index in [2.05, 4.69) is 4.72 Å². The summed E-state index contributed by atoms with van der Waals surface area (Å²) in [7, 11) is -2.91. The van der Waals surface area contributed by atoms with Crippen LogP contribution in [0.15, 0.2) is 41.3 Å². The van der Waals surface area contributed by atoms with Gasteiger partial charge in [-0.3, -0.25) is 4.72 Å². The summed E-state index contributed by atoms with van der Waals surface area (Å²) in [5, 5.41) is 0. The lowest BCUT2D eigenvalue weighted by Crippen LogP contribution is -2.18. The summed E-state index contributed by atoms with van der Waals surface area (Å²) in [6.45, 7) is 0. The topological polar surface area (TPSA) is 55.4 Å². The predicted molar refractivity (Wildman–Crippen MR) is 91.9 cm³/mol. The van der Waals surface area contributed by atoms with E-state index in [1.807, 2.05) is 0 Å². The molecule has 2 aromatic rings. The van der Waals surface area contributed by atoms with Crippen molar-refractivity contribution in [3.8, 4) is 5.75 Å². The Labute approximate surface area is 150 Å². The molecule has 0 spiro atoms. The van der Waals surface area contributed by atoms with E-state index >= 15 is 0 Å². The molecule has 8 heteroatoms. The quantitative estimate of drug-likeness (QED) is 0.849. The van der Waals surface area contributed by atoms with Gasteiger partial charge in [0.25, 0.3) is 10.0 Å². The summed E-state index contributed by atoms with van der Waals surface area (Å²) in [5.41, 5.74) is 0.351. The molecule has 0 saturated heterocycles. The Hall–Kier alpha value is -2.22. The molecular weight excluding hydrogens is 367 g/mol. The summed E-state index contributed by atoms with van der Waals surface area (Å²) in [4.78, 5) is -0.155. The lowest BCUT2D eigenvalue weighted by Gasteiger charge is -2.20. The van der Waals surface area contributed by atoms with Crippen molar-refractivity contribution < 1.29 is 26.3 Å². The van der Waals surface area contributed by atoms with Crippen LogP contribution in [0.3, 0.4) is 0 Å². The number of fused-ring (bicyclic) bond motifs is 1. The van der Waals surface area contributed by atoms with Crippen molar-refractivity contribution in [2.45, 2.75) is 36.8 Å². The Bertz CT molecular complexity index is 924. The molecule has 1 aliphatic rings. The molecule has 26 heavy (non-hydrogen) atoms. The summed E-state index contributed by atoms with van der Waals surface area (Å²) in [5.74, 6) is 0.127. The second-order valence-electron chi connectivity index (χ2n) is 6.13. The maximum Gasteiger partial charge on any atom is 0.418 e. The third kappa shape index (κ3) is 3.65. The number of alkyl halides is 3. The molecule has 1 N–H and O–H groups in total. The number of halogens is 3. The van der Waals surface area contributed by atoms with Crippen molar-refractivity contribution in [3.63, 3.8) is 0 Å². The van der Waals surface area contributed by atoms with Crippen LogP contribution in [-0.2, 0) is 29.0 Å². The van der Waals surface area contributed by atoms with Gasteiger partial charge in [0.1, 0.15) is 10.6 Å². The van der Waals surface area contributed by atoms with E-state index < -0.39 is 27.5 Å². The molecule has 0 bridgehead atoms. The molecule has 0 unspecified atom stereocenters. The average Bonchev–Trinajstić information content (AvgIpc) is 2.59. The van der Waals surface area contributed by atoms with Gasteiger partial charge in [-0.05, 0) is 61.1 Å². The Kier molecular flexibility index (Phi) is 4.88. The number of sulfonamides is 1. The lowest BCUT2D eigenvalue weighted by molar-refractivity contribution is -0.136. The van der Waals surface area contributed by atoms with Gasteiger partial charge in [-0.15, -0.1) is 0 Å². The van der Waals surface area contributed by atoms with Crippen molar-refractivity contribution in [1.82, 2.24) is 0 Å². The van der Waals surface area contributed by atoms with E-state index in [4.69, 9.17) is 4.74 Å². The number of benzene rings is 2. The van der Waals surface area contributed by atoms with Crippen LogP contribution in [0.2, 0.25) is 0 Å². The monoisotopic (exact) mass is 385 g/mol. The van der Waals surface area contributed by atoms with Crippen LogP contribution < -0.4 is 9.46 Å². The number of nitrogens with one attached hydrogen (secondary N) is 1. The Morgan fingerprint density at radius 1 is 1.04 bits per heavy atom. The first-order valence-corrected chi connectivity index (χ1v) is 9.59. The van der Waals surface area contributed by atoms with Gasteiger partial charge >= 0.3 is 6.18 Å². The van der Waals surface area contributed by atoms with Gasteiger partial charge in [0.05, 0.1) is 18.4 Å². The van der Waals surface area contributed by atoms with Crippen LogP contribution >= 0.6 is 0 Å². The third-order valence-corrected chi connectivity index (χ3v) is 5.78. The molecule has 0 heterocycles. The van der Waals surface area contributed by atoms with Crippen LogP contribution in [-0.4, -0.2) is 15.5 Å². The molecule has 0 aliphatic heterocycles. The number of hydrogen-bond donors (Lipinski definition) is 1. The molecule has 0 radical (unpaired) electrons. The maximum atomic E-state index is 13.1. The Morgan fingerprint density at radius 3 is 2.27 bits per heavy atom. The summed E-state index contributed by atoms with van der Waals surface area (Å²) in [6, 6.07) is 7.65. The standard InChI is InChI=1S/C18H18F3NO3S/c1-25-16-10-12-6-2-3-7-13(12)11-17(16)26(23,24)22-15-9-5-4-8-14(15)18(19,20)21/h4-5,8-11,22H,2-3,6-7H2,1H3. The maximum absolute atomic E-state index is 13.1. The number of aryl methyl sites for hydroxylation is 2. The molecule has 0 saturated carbocycles. The Morgan fingerprint density at radius 2 is 1.65 bits per heavy atom. The van der Waals surface area contributed by atoms with Crippen molar-refractivity contribution >= 4 is 15.7 Å². The van der Waals surface area contributed by atoms with E-state index in [1.54, 1.807) is 6.07 Å². The van der Waals surface area contributed by atoms with Gasteiger partial charge in [-0.1, -0.05) is 12.1 Å². The van der Waals surface area contributed by atoms with E-state index in [1.165, 1.54) is 25.3 Å². The van der Waals surface area contributed by atoms with E-state index in [0.717, 1.165) is 48.9 Å². The van der Waals surface area contributed by atoms with Gasteiger partial charge in [0.2, 0.25) is 0 Å². The van der Waals surface area contributed by atoms with Gasteiger partial charge in [0.15, 0.2) is 0 Å². The SMILES string of the molecule is COc1cc2c(cc1S(=O)(=O)Nc1ccccc1C(F)(F)F)CCCC2. The fourth-order valence-corrected chi connectivity index (χ4v) is 4.41. The Balaban J connectivity index is 2.05. The molecule has 4 nitrogen and oxygen atoms in total. The normalized spacial score (nSPS) is 14.6. The minimum atomic E-state index is -4.67. The van der Waals surface area contributed by atoms with Gasteiger partial charge in [-0.25, -0.2) is 8.42 Å². The smallest absolute Gasteiger partial charge is 0.418 e. The molecule has 0 atom stereocenters. The zero-order valence-corrected chi connectivity index (χ0v) is 14.9. The van der Waals surface area contributed by atoms with Crippen LogP contribution in [0.4, 0.5) is 18.9 Å². The van der Waals surface area contributed by atoms with E-state index in [-0.39, 0.29) is 10.6 Å². The largest absolute Gasteiger partial charge is 0.495 e. The van der Waals surface area contributed by atoms with Crippen LogP contribution in [0.1, 0.15) is 29.5 Å². The molecule has 0 amide bonds. The van der Waals surface area contributed by atoms with E-state index in [0.29, 0.717) is 0 Å². The molecule has 2 aromatic carbocycles. The highest BCUT2D eigenvalue weighted by Gasteiger charge is 2.35. The second kappa shape index (κ2) is 6.83. The molecule has 0 aromatic heterocycles. The first-order valence-electron chi connectivity index (χ1n) is 8.11. The zero-order chi connectivity index (χ0) is 18.9. The number of hydrogen-bond acceptors (Lipinski definition) is 3. The number of para-hydroxylation sites is 1. The summed E-state index contributed by atoms with van der Waals surface area (Å²) in [6.07, 6.45) is -1.14. The number of methoxy groups -OCH3 is 1. The molecule has 1 aliphatic carbocycles. The lowest BCUT2D eigenvalue weighted by atomic mass is 9.92. The predicted octanol–water partition coefficient (Wildman–Crippen LogP) is 4.39. The van der Waals surface area contributed by atoms with Crippen LogP contribution in [0.5, 0.6) is 5.75 Å². The molecule has 140 valence electrons. The minimum absolute atomic E-state index is 0.127. The van der Waals surface area contributed by atoms with Crippen LogP contribution in [0.25, 0.3) is 0 Å². The van der Waals surface area contributed by atoms with Crippen molar-refractivity contribution in [2.24, 2.45) is 0 Å². The number of rotatable bonds is 4. The van der Waals surface area contributed by atoms with Gasteiger partial charge < -0.3 is 4.74 Å². The van der Waals surface area contributed by atoms with Crippen molar-refractivity contribution in [1.29, 1.82) is 0 Å². The zero-order valence-electron chi connectivity index (χ0n) is 14.1. The average molecular weight is 385 g/mol. The highest BCUT2D eigenvalue weighted by Crippen LogP contribution is 2.37. The number of anilines is 1. The highest BCUT2D eigenvalue weighted by molar-refractivity contribution is 7.92. The number of ether oxygens (including phenoxy) is 1. The molecule has 0 fully saturated rings. The van der Waals surface area contributed by atoms with E-state index in [9.17, 15) is 21.6 Å². The van der Waals surface area contributed by atoms with Gasteiger partial charge in [-0.2, -0.15) is 13.2 Å². The fraction of sp³-hybridized carbons (Fsp3) is 0.333.